The first-order valence-corrected chi connectivity index (χ1v) is 5.53. The second-order valence-electron chi connectivity index (χ2n) is 3.71. The molecule has 0 aliphatic heterocycles. The monoisotopic (exact) mass is 233 g/mol. The van der Waals surface area contributed by atoms with Gasteiger partial charge in [-0.15, -0.1) is 0 Å². The zero-order valence-electron chi connectivity index (χ0n) is 9.36. The van der Waals surface area contributed by atoms with Gasteiger partial charge in [-0.25, -0.2) is 4.79 Å². The number of aliphatic hydroxyl groups excluding tert-OH is 1. The minimum absolute atomic E-state index is 0.0768. The lowest BCUT2D eigenvalue weighted by molar-refractivity contribution is 0.249. The van der Waals surface area contributed by atoms with Crippen LogP contribution in [0.1, 0.15) is 6.42 Å². The molecule has 0 unspecified atom stereocenters. The van der Waals surface area contributed by atoms with Crippen molar-refractivity contribution in [2.75, 3.05) is 18.5 Å². The Balaban J connectivity index is 2.01. The number of nitrogens with one attached hydrogen (secondary N) is 3. The SMILES string of the molecule is O=C(NCCCO)Nc1c[nH]c2ccccc12. The number of carbonyl (C=O) groups is 1. The van der Waals surface area contributed by atoms with Crippen LogP contribution in [0.15, 0.2) is 30.5 Å². The van der Waals surface area contributed by atoms with E-state index in [9.17, 15) is 4.79 Å². The first-order chi connectivity index (χ1) is 8.31. The van der Waals surface area contributed by atoms with Gasteiger partial charge in [0.05, 0.1) is 5.69 Å². The Morgan fingerprint density at radius 2 is 2.18 bits per heavy atom. The van der Waals surface area contributed by atoms with Gasteiger partial charge in [0.25, 0.3) is 0 Å². The number of anilines is 1. The molecule has 0 radical (unpaired) electrons. The van der Waals surface area contributed by atoms with Crippen LogP contribution < -0.4 is 10.6 Å². The van der Waals surface area contributed by atoms with E-state index in [4.69, 9.17) is 5.11 Å². The number of hydrogen-bond acceptors (Lipinski definition) is 2. The molecule has 2 amide bonds. The molecule has 0 aliphatic rings. The first-order valence-electron chi connectivity index (χ1n) is 5.53. The molecule has 2 aromatic rings. The number of fused-ring (bicyclic) bond motifs is 1. The van der Waals surface area contributed by atoms with Gasteiger partial charge in [-0.3, -0.25) is 0 Å². The number of benzene rings is 1. The second-order valence-corrected chi connectivity index (χ2v) is 3.71. The van der Waals surface area contributed by atoms with Crippen LogP contribution in [0.4, 0.5) is 10.5 Å². The van der Waals surface area contributed by atoms with Gasteiger partial charge in [0.15, 0.2) is 0 Å². The van der Waals surface area contributed by atoms with E-state index in [1.807, 2.05) is 24.3 Å². The molecule has 0 atom stereocenters. The topological polar surface area (TPSA) is 77.2 Å². The maximum atomic E-state index is 11.5. The van der Waals surface area contributed by atoms with E-state index in [2.05, 4.69) is 15.6 Å². The van der Waals surface area contributed by atoms with Gasteiger partial charge in [-0.1, -0.05) is 18.2 Å². The molecule has 4 N–H and O–H groups in total. The number of aliphatic hydroxyl groups is 1. The third kappa shape index (κ3) is 2.76. The van der Waals surface area contributed by atoms with Crippen LogP contribution in [-0.4, -0.2) is 29.3 Å². The van der Waals surface area contributed by atoms with Crippen molar-refractivity contribution in [3.63, 3.8) is 0 Å². The standard InChI is InChI=1S/C12H15N3O2/c16-7-3-6-13-12(17)15-11-8-14-10-5-2-1-4-9(10)11/h1-2,4-5,8,14,16H,3,6-7H2,(H2,13,15,17). The van der Waals surface area contributed by atoms with Gasteiger partial charge in [-0.2, -0.15) is 0 Å². The molecule has 1 aromatic heterocycles. The predicted molar refractivity (Wildman–Crippen MR) is 67.0 cm³/mol. The smallest absolute Gasteiger partial charge is 0.319 e. The number of amides is 2. The van der Waals surface area contributed by atoms with E-state index in [1.54, 1.807) is 6.20 Å². The fourth-order valence-corrected chi connectivity index (χ4v) is 1.62. The molecule has 1 heterocycles. The predicted octanol–water partition coefficient (Wildman–Crippen LogP) is 1.67. The Kier molecular flexibility index (Phi) is 3.62. The molecule has 0 fully saturated rings. The average molecular weight is 233 g/mol. The van der Waals surface area contributed by atoms with Crippen molar-refractivity contribution >= 4 is 22.6 Å². The minimum atomic E-state index is -0.261. The number of para-hydroxylation sites is 1. The van der Waals surface area contributed by atoms with Crippen LogP contribution in [0.3, 0.4) is 0 Å². The second kappa shape index (κ2) is 5.36. The summed E-state index contributed by atoms with van der Waals surface area (Å²) in [6, 6.07) is 7.48. The van der Waals surface area contributed by atoms with Gasteiger partial charge < -0.3 is 20.7 Å². The lowest BCUT2D eigenvalue weighted by atomic mass is 10.2. The van der Waals surface area contributed by atoms with Crippen molar-refractivity contribution in [3.05, 3.63) is 30.5 Å². The molecule has 5 nitrogen and oxygen atoms in total. The first kappa shape index (κ1) is 11.5. The number of hydrogen-bond donors (Lipinski definition) is 4. The highest BCUT2D eigenvalue weighted by atomic mass is 16.3. The number of aromatic amines is 1. The summed E-state index contributed by atoms with van der Waals surface area (Å²) in [5.74, 6) is 0. The average Bonchev–Trinajstić information content (AvgIpc) is 2.73. The molecule has 0 saturated carbocycles. The van der Waals surface area contributed by atoms with E-state index >= 15 is 0 Å². The summed E-state index contributed by atoms with van der Waals surface area (Å²) in [5, 5.41) is 15.0. The number of rotatable bonds is 4. The lowest BCUT2D eigenvalue weighted by Crippen LogP contribution is -2.29. The van der Waals surface area contributed by atoms with Crippen LogP contribution in [-0.2, 0) is 0 Å². The van der Waals surface area contributed by atoms with E-state index < -0.39 is 0 Å². The van der Waals surface area contributed by atoms with Crippen LogP contribution >= 0.6 is 0 Å². The third-order valence-electron chi connectivity index (χ3n) is 2.46. The minimum Gasteiger partial charge on any atom is -0.396 e. The van der Waals surface area contributed by atoms with Gasteiger partial charge in [0.1, 0.15) is 0 Å². The highest BCUT2D eigenvalue weighted by Crippen LogP contribution is 2.22. The molecule has 0 aliphatic carbocycles. The van der Waals surface area contributed by atoms with Crippen molar-refractivity contribution in [2.24, 2.45) is 0 Å². The molecule has 0 spiro atoms. The van der Waals surface area contributed by atoms with Gasteiger partial charge in [0, 0.05) is 30.3 Å². The maximum absolute atomic E-state index is 11.5. The number of carbonyl (C=O) groups excluding carboxylic acids is 1. The van der Waals surface area contributed by atoms with Crippen LogP contribution in [0, 0.1) is 0 Å². The Labute approximate surface area is 98.8 Å². The number of H-pyrrole nitrogens is 1. The molecule has 5 heteroatoms. The Bertz CT molecular complexity index is 507. The quantitative estimate of drug-likeness (QED) is 0.606. The van der Waals surface area contributed by atoms with Crippen molar-refractivity contribution in [2.45, 2.75) is 6.42 Å². The summed E-state index contributed by atoms with van der Waals surface area (Å²) in [6.07, 6.45) is 2.32. The molecule has 0 bridgehead atoms. The van der Waals surface area contributed by atoms with Crippen molar-refractivity contribution < 1.29 is 9.90 Å². The zero-order chi connectivity index (χ0) is 12.1. The Morgan fingerprint density at radius 3 is 3.00 bits per heavy atom. The highest BCUT2D eigenvalue weighted by molar-refractivity contribution is 6.00. The lowest BCUT2D eigenvalue weighted by Gasteiger charge is -2.05. The van der Waals surface area contributed by atoms with Crippen molar-refractivity contribution in [1.82, 2.24) is 10.3 Å². The maximum Gasteiger partial charge on any atom is 0.319 e. The molecule has 2 rings (SSSR count). The fourth-order valence-electron chi connectivity index (χ4n) is 1.62. The van der Waals surface area contributed by atoms with Crippen LogP contribution in [0.2, 0.25) is 0 Å². The normalized spacial score (nSPS) is 10.4. The zero-order valence-corrected chi connectivity index (χ0v) is 9.36. The van der Waals surface area contributed by atoms with E-state index in [0.717, 1.165) is 16.6 Å². The summed E-state index contributed by atoms with van der Waals surface area (Å²) >= 11 is 0. The van der Waals surface area contributed by atoms with Gasteiger partial charge in [0.2, 0.25) is 0 Å². The molecule has 1 aromatic carbocycles. The Hall–Kier alpha value is -2.01. The number of urea groups is 1. The summed E-state index contributed by atoms with van der Waals surface area (Å²) in [6.45, 7) is 0.540. The third-order valence-corrected chi connectivity index (χ3v) is 2.46. The van der Waals surface area contributed by atoms with E-state index in [-0.39, 0.29) is 12.6 Å². The summed E-state index contributed by atoms with van der Waals surface area (Å²) in [7, 11) is 0. The van der Waals surface area contributed by atoms with Gasteiger partial charge in [-0.05, 0) is 12.5 Å². The van der Waals surface area contributed by atoms with E-state index in [1.165, 1.54) is 0 Å². The Morgan fingerprint density at radius 1 is 1.35 bits per heavy atom. The highest BCUT2D eigenvalue weighted by Gasteiger charge is 2.05. The summed E-state index contributed by atoms with van der Waals surface area (Å²) < 4.78 is 0. The van der Waals surface area contributed by atoms with Crippen LogP contribution in [0.25, 0.3) is 10.9 Å². The molecule has 17 heavy (non-hydrogen) atoms. The van der Waals surface area contributed by atoms with E-state index in [0.29, 0.717) is 13.0 Å². The molecular formula is C12H15N3O2. The summed E-state index contributed by atoms with van der Waals surface area (Å²) in [4.78, 5) is 14.6. The fraction of sp³-hybridized carbons (Fsp3) is 0.250. The molecular weight excluding hydrogens is 218 g/mol. The van der Waals surface area contributed by atoms with Crippen molar-refractivity contribution in [1.29, 1.82) is 0 Å². The van der Waals surface area contributed by atoms with Crippen molar-refractivity contribution in [3.8, 4) is 0 Å². The molecule has 0 saturated heterocycles. The largest absolute Gasteiger partial charge is 0.396 e. The van der Waals surface area contributed by atoms with Gasteiger partial charge >= 0.3 is 6.03 Å². The molecule has 90 valence electrons. The number of aromatic nitrogens is 1. The summed E-state index contributed by atoms with van der Waals surface area (Å²) in [5.41, 5.74) is 1.74. The van der Waals surface area contributed by atoms with Crippen LogP contribution in [0.5, 0.6) is 0 Å².